The van der Waals surface area contributed by atoms with Gasteiger partial charge >= 0.3 is 0 Å². The van der Waals surface area contributed by atoms with Crippen LogP contribution in [0.3, 0.4) is 0 Å². The lowest BCUT2D eigenvalue weighted by Gasteiger charge is -2.36. The predicted molar refractivity (Wildman–Crippen MR) is 122 cm³/mol. The fraction of sp³-hybridized carbons (Fsp3) is 0.280. The molecule has 0 bridgehead atoms. The van der Waals surface area contributed by atoms with E-state index in [-0.39, 0.29) is 6.61 Å². The molecule has 1 aliphatic heterocycles. The summed E-state index contributed by atoms with van der Waals surface area (Å²) in [6, 6.07) is 22.4. The van der Waals surface area contributed by atoms with Crippen molar-refractivity contribution in [2.45, 2.75) is 6.10 Å². The number of piperazine rings is 1. The highest BCUT2D eigenvalue weighted by atomic mass is 16.6. The third-order valence-corrected chi connectivity index (χ3v) is 5.89. The zero-order valence-electron chi connectivity index (χ0n) is 17.4. The number of pyridine rings is 1. The van der Waals surface area contributed by atoms with E-state index in [1.54, 1.807) is 0 Å². The van der Waals surface area contributed by atoms with Crippen LogP contribution >= 0.6 is 0 Å². The first kappa shape index (κ1) is 19.7. The van der Waals surface area contributed by atoms with Crippen molar-refractivity contribution in [1.82, 2.24) is 9.88 Å². The van der Waals surface area contributed by atoms with Gasteiger partial charge in [0, 0.05) is 50.0 Å². The number of aliphatic hydroxyl groups excluding tert-OH is 1. The van der Waals surface area contributed by atoms with Crippen molar-refractivity contribution in [2.24, 2.45) is 5.16 Å². The monoisotopic (exact) mass is 414 g/mol. The highest BCUT2D eigenvalue weighted by Crippen LogP contribution is 2.36. The van der Waals surface area contributed by atoms with E-state index in [4.69, 9.17) is 4.84 Å². The van der Waals surface area contributed by atoms with Crippen LogP contribution in [0, 0.1) is 0 Å². The number of rotatable bonds is 6. The van der Waals surface area contributed by atoms with Crippen molar-refractivity contribution in [1.29, 1.82) is 0 Å². The summed E-state index contributed by atoms with van der Waals surface area (Å²) in [6.45, 7) is 4.34. The Bertz CT molecular complexity index is 1010. The second-order valence-electron chi connectivity index (χ2n) is 7.96. The highest BCUT2D eigenvalue weighted by Gasteiger charge is 2.25. The van der Waals surface area contributed by atoms with Crippen LogP contribution in [-0.4, -0.2) is 66.1 Å². The van der Waals surface area contributed by atoms with E-state index in [1.165, 1.54) is 11.1 Å². The number of benzene rings is 2. The molecule has 1 fully saturated rings. The van der Waals surface area contributed by atoms with Gasteiger partial charge in [-0.05, 0) is 23.3 Å². The maximum Gasteiger partial charge on any atom is 0.144 e. The molecule has 2 heterocycles. The molecule has 2 aliphatic rings. The first-order valence-electron chi connectivity index (χ1n) is 10.7. The van der Waals surface area contributed by atoms with Crippen LogP contribution in [0.4, 0.5) is 5.82 Å². The van der Waals surface area contributed by atoms with Gasteiger partial charge in [-0.2, -0.15) is 0 Å². The Morgan fingerprint density at radius 1 is 0.839 bits per heavy atom. The summed E-state index contributed by atoms with van der Waals surface area (Å²) in [5, 5.41) is 14.9. The molecule has 1 aromatic heterocycles. The van der Waals surface area contributed by atoms with Crippen LogP contribution in [0.15, 0.2) is 78.1 Å². The van der Waals surface area contributed by atoms with Crippen LogP contribution in [0.5, 0.6) is 0 Å². The molecule has 5 rings (SSSR count). The normalized spacial score (nSPS) is 16.5. The Morgan fingerprint density at radius 2 is 1.45 bits per heavy atom. The predicted octanol–water partition coefficient (Wildman–Crippen LogP) is 3.01. The molecule has 1 atom stereocenters. The number of hydrogen-bond acceptors (Lipinski definition) is 6. The summed E-state index contributed by atoms with van der Waals surface area (Å²) in [5.74, 6) is 1.01. The molecular formula is C25H26N4O2. The first-order chi connectivity index (χ1) is 15.3. The number of hydrogen-bond donors (Lipinski definition) is 1. The van der Waals surface area contributed by atoms with Gasteiger partial charge in [-0.1, -0.05) is 59.8 Å². The molecule has 31 heavy (non-hydrogen) atoms. The van der Waals surface area contributed by atoms with Crippen molar-refractivity contribution in [2.75, 3.05) is 44.2 Å². The minimum atomic E-state index is -0.586. The summed E-state index contributed by atoms with van der Waals surface area (Å²) < 4.78 is 0. The number of fused-ring (bicyclic) bond motifs is 3. The van der Waals surface area contributed by atoms with Crippen LogP contribution in [0.1, 0.15) is 11.1 Å². The first-order valence-corrected chi connectivity index (χ1v) is 10.7. The lowest BCUT2D eigenvalue weighted by atomic mass is 10.1. The largest absolute Gasteiger partial charge is 0.392 e. The van der Waals surface area contributed by atoms with Crippen molar-refractivity contribution in [3.63, 3.8) is 0 Å². The van der Waals surface area contributed by atoms with Crippen molar-refractivity contribution < 1.29 is 9.94 Å². The van der Waals surface area contributed by atoms with Crippen LogP contribution < -0.4 is 4.90 Å². The topological polar surface area (TPSA) is 61.2 Å². The molecule has 3 aromatic rings. The number of nitrogens with zero attached hydrogens (tertiary/aromatic N) is 4. The zero-order valence-corrected chi connectivity index (χ0v) is 17.4. The Morgan fingerprint density at radius 3 is 2.06 bits per heavy atom. The van der Waals surface area contributed by atoms with Gasteiger partial charge < -0.3 is 14.8 Å². The second kappa shape index (κ2) is 8.88. The molecule has 2 aromatic carbocycles. The molecule has 6 nitrogen and oxygen atoms in total. The molecule has 158 valence electrons. The molecule has 1 unspecified atom stereocenters. The van der Waals surface area contributed by atoms with Gasteiger partial charge in [0.1, 0.15) is 24.2 Å². The van der Waals surface area contributed by atoms with Crippen molar-refractivity contribution in [3.05, 3.63) is 84.1 Å². The van der Waals surface area contributed by atoms with E-state index in [9.17, 15) is 5.11 Å². The van der Waals surface area contributed by atoms with Crippen LogP contribution in [0.2, 0.25) is 0 Å². The Labute approximate surface area is 182 Å². The number of anilines is 1. The van der Waals surface area contributed by atoms with Gasteiger partial charge in [-0.25, -0.2) is 4.98 Å². The van der Waals surface area contributed by atoms with Gasteiger partial charge in [0.05, 0.1) is 0 Å². The van der Waals surface area contributed by atoms with Crippen LogP contribution in [-0.2, 0) is 4.84 Å². The maximum atomic E-state index is 10.5. The SMILES string of the molecule is OC(CON=C1c2ccccc2-c2ccccc21)CN1CCN(c2ccccn2)CC1. The summed E-state index contributed by atoms with van der Waals surface area (Å²) >= 11 is 0. The van der Waals surface area contributed by atoms with E-state index in [0.717, 1.165) is 48.8 Å². The van der Waals surface area contributed by atoms with Crippen LogP contribution in [0.25, 0.3) is 11.1 Å². The quantitative estimate of drug-likeness (QED) is 0.492. The second-order valence-corrected chi connectivity index (χ2v) is 7.96. The standard InChI is InChI=1S/C25H26N4O2/c30-19(17-28-13-15-29(16-14-28)24-11-5-6-12-26-24)18-31-27-25-22-9-3-1-7-20(22)21-8-2-4-10-23(21)25/h1-12,19,30H,13-18H2. The van der Waals surface area contributed by atoms with E-state index in [0.29, 0.717) is 6.54 Å². The lowest BCUT2D eigenvalue weighted by Crippen LogP contribution is -2.49. The number of aliphatic hydroxyl groups is 1. The third kappa shape index (κ3) is 4.17. The van der Waals surface area contributed by atoms with Gasteiger partial charge in [-0.15, -0.1) is 0 Å². The van der Waals surface area contributed by atoms with E-state index < -0.39 is 6.10 Å². The van der Waals surface area contributed by atoms with Gasteiger partial charge in [0.2, 0.25) is 0 Å². The fourth-order valence-electron chi connectivity index (χ4n) is 4.33. The Hall–Kier alpha value is -3.22. The zero-order chi connectivity index (χ0) is 21.0. The minimum Gasteiger partial charge on any atom is -0.392 e. The number of oxime groups is 1. The van der Waals surface area contributed by atoms with E-state index in [1.807, 2.05) is 48.7 Å². The summed E-state index contributed by atoms with van der Waals surface area (Å²) in [5.41, 5.74) is 5.33. The summed E-state index contributed by atoms with van der Waals surface area (Å²) in [4.78, 5) is 14.6. The molecule has 0 spiro atoms. The fourth-order valence-corrected chi connectivity index (χ4v) is 4.33. The number of aromatic nitrogens is 1. The lowest BCUT2D eigenvalue weighted by molar-refractivity contribution is 0.0182. The van der Waals surface area contributed by atoms with E-state index in [2.05, 4.69) is 44.2 Å². The van der Waals surface area contributed by atoms with Gasteiger partial charge in [-0.3, -0.25) is 4.90 Å². The molecule has 1 aliphatic carbocycles. The highest BCUT2D eigenvalue weighted by molar-refractivity contribution is 6.24. The van der Waals surface area contributed by atoms with E-state index >= 15 is 0 Å². The van der Waals surface area contributed by atoms with Gasteiger partial charge in [0.25, 0.3) is 0 Å². The smallest absolute Gasteiger partial charge is 0.144 e. The maximum absolute atomic E-state index is 10.5. The van der Waals surface area contributed by atoms with Gasteiger partial charge in [0.15, 0.2) is 0 Å². The Balaban J connectivity index is 1.16. The third-order valence-electron chi connectivity index (χ3n) is 5.89. The average Bonchev–Trinajstić information content (AvgIpc) is 3.14. The molecule has 1 saturated heterocycles. The molecule has 6 heteroatoms. The molecular weight excluding hydrogens is 388 g/mol. The summed E-state index contributed by atoms with van der Waals surface area (Å²) in [7, 11) is 0. The minimum absolute atomic E-state index is 0.175. The molecule has 0 amide bonds. The average molecular weight is 415 g/mol. The Kier molecular flexibility index (Phi) is 5.65. The van der Waals surface area contributed by atoms with Crippen molar-refractivity contribution in [3.8, 4) is 11.1 Å². The summed E-state index contributed by atoms with van der Waals surface area (Å²) in [6.07, 6.45) is 1.24. The number of β-amino-alcohol motifs (C(OH)–C–C–N with tert-alkyl or cyclic N) is 1. The molecule has 0 saturated carbocycles. The molecule has 1 N–H and O–H groups in total. The molecule has 0 radical (unpaired) electrons. The van der Waals surface area contributed by atoms with Crippen molar-refractivity contribution >= 4 is 11.5 Å².